The molecule has 7 heteroatoms. The van der Waals surface area contributed by atoms with Crippen LogP contribution in [0.15, 0.2) is 23.0 Å². The molecule has 0 bridgehead atoms. The monoisotopic (exact) mass is 362 g/mol. The summed E-state index contributed by atoms with van der Waals surface area (Å²) >= 11 is 0. The van der Waals surface area contributed by atoms with Crippen molar-refractivity contribution in [2.24, 2.45) is 0 Å². The molecule has 1 heterocycles. The first kappa shape index (κ1) is 19.8. The van der Waals surface area contributed by atoms with E-state index in [1.54, 1.807) is 33.5 Å². The lowest BCUT2D eigenvalue weighted by molar-refractivity contribution is -0.121. The Morgan fingerprint density at radius 3 is 2.50 bits per heavy atom. The molecular formula is C19H26N2O5. The molecule has 1 aromatic carbocycles. The van der Waals surface area contributed by atoms with E-state index in [0.29, 0.717) is 42.2 Å². The molecule has 0 saturated carbocycles. The number of aryl methyl sites for hydroxylation is 1. The first-order chi connectivity index (χ1) is 12.6. The van der Waals surface area contributed by atoms with Gasteiger partial charge in [0.05, 0.1) is 19.7 Å². The molecule has 0 saturated heterocycles. The molecule has 0 radical (unpaired) electrons. The summed E-state index contributed by atoms with van der Waals surface area (Å²) in [4.78, 5) is 27.0. The Morgan fingerprint density at radius 1 is 1.08 bits per heavy atom. The lowest BCUT2D eigenvalue weighted by Crippen LogP contribution is -2.25. The quantitative estimate of drug-likeness (QED) is 0.631. The standard InChI is InChI=1S/C19H26N2O5/c1-24-9-5-4-8-20-18(22)7-6-13-10-14-11-16(25-2)17(26-3)12-15(14)21-19(13)23/h10-12H,4-9H2,1-3H3,(H,20,22)(H,21,23). The molecule has 0 aliphatic carbocycles. The number of aromatic amines is 1. The maximum Gasteiger partial charge on any atom is 0.251 e. The van der Waals surface area contributed by atoms with Crippen molar-refractivity contribution >= 4 is 16.8 Å². The third-order valence-electron chi connectivity index (χ3n) is 4.14. The average molecular weight is 362 g/mol. The van der Waals surface area contributed by atoms with E-state index in [1.807, 2.05) is 6.07 Å². The van der Waals surface area contributed by atoms with Gasteiger partial charge in [-0.15, -0.1) is 0 Å². The molecule has 2 N–H and O–H groups in total. The molecule has 0 atom stereocenters. The van der Waals surface area contributed by atoms with Gasteiger partial charge in [-0.05, 0) is 31.4 Å². The Morgan fingerprint density at radius 2 is 1.81 bits per heavy atom. The minimum Gasteiger partial charge on any atom is -0.493 e. The van der Waals surface area contributed by atoms with Crippen LogP contribution < -0.4 is 20.3 Å². The third kappa shape index (κ3) is 5.23. The number of nitrogens with one attached hydrogen (secondary N) is 2. The summed E-state index contributed by atoms with van der Waals surface area (Å²) in [5.41, 5.74) is 1.04. The fourth-order valence-corrected chi connectivity index (χ4v) is 2.70. The number of unbranched alkanes of at least 4 members (excludes halogenated alkanes) is 1. The van der Waals surface area contributed by atoms with Crippen LogP contribution in [0.4, 0.5) is 0 Å². The van der Waals surface area contributed by atoms with E-state index in [-0.39, 0.29) is 17.9 Å². The number of methoxy groups -OCH3 is 3. The first-order valence-electron chi connectivity index (χ1n) is 8.62. The van der Waals surface area contributed by atoms with E-state index in [2.05, 4.69) is 10.3 Å². The minimum atomic E-state index is -0.197. The zero-order valence-corrected chi connectivity index (χ0v) is 15.5. The molecule has 0 spiro atoms. The van der Waals surface area contributed by atoms with Gasteiger partial charge in [0.1, 0.15) is 0 Å². The molecule has 26 heavy (non-hydrogen) atoms. The molecule has 0 fully saturated rings. The molecule has 142 valence electrons. The van der Waals surface area contributed by atoms with E-state index >= 15 is 0 Å². The van der Waals surface area contributed by atoms with Gasteiger partial charge in [-0.2, -0.15) is 0 Å². The van der Waals surface area contributed by atoms with Crippen molar-refractivity contribution in [1.29, 1.82) is 0 Å². The van der Waals surface area contributed by atoms with Crippen molar-refractivity contribution in [2.45, 2.75) is 25.7 Å². The second-order valence-electron chi connectivity index (χ2n) is 5.97. The highest BCUT2D eigenvalue weighted by Gasteiger charge is 2.10. The van der Waals surface area contributed by atoms with Crippen LogP contribution in [0.5, 0.6) is 11.5 Å². The van der Waals surface area contributed by atoms with Crippen molar-refractivity contribution in [1.82, 2.24) is 10.3 Å². The first-order valence-corrected chi connectivity index (χ1v) is 8.62. The SMILES string of the molecule is COCCCCNC(=O)CCc1cc2cc(OC)c(OC)cc2[nH]c1=O. The van der Waals surface area contributed by atoms with Gasteiger partial charge in [0.15, 0.2) is 11.5 Å². The number of hydrogen-bond donors (Lipinski definition) is 2. The summed E-state index contributed by atoms with van der Waals surface area (Å²) in [6.45, 7) is 1.31. The number of carbonyl (C=O) groups is 1. The topological polar surface area (TPSA) is 89.7 Å². The van der Waals surface area contributed by atoms with E-state index in [4.69, 9.17) is 14.2 Å². The predicted molar refractivity (Wildman–Crippen MR) is 100 cm³/mol. The minimum absolute atomic E-state index is 0.0609. The Hall–Kier alpha value is -2.54. The lowest BCUT2D eigenvalue weighted by atomic mass is 10.1. The van der Waals surface area contributed by atoms with E-state index < -0.39 is 0 Å². The summed E-state index contributed by atoms with van der Waals surface area (Å²) in [5, 5.41) is 3.69. The molecule has 2 aromatic rings. The van der Waals surface area contributed by atoms with Crippen molar-refractivity contribution in [3.8, 4) is 11.5 Å². The summed E-state index contributed by atoms with van der Waals surface area (Å²) in [7, 11) is 4.77. The fraction of sp³-hybridized carbons (Fsp3) is 0.474. The molecule has 0 unspecified atom stereocenters. The molecule has 2 rings (SSSR count). The number of rotatable bonds is 10. The summed E-state index contributed by atoms with van der Waals surface area (Å²) < 4.78 is 15.5. The van der Waals surface area contributed by atoms with E-state index in [9.17, 15) is 9.59 Å². The second kappa shape index (κ2) is 9.82. The largest absolute Gasteiger partial charge is 0.493 e. The van der Waals surface area contributed by atoms with Crippen LogP contribution in [0.1, 0.15) is 24.8 Å². The normalized spacial score (nSPS) is 10.7. The average Bonchev–Trinajstić information content (AvgIpc) is 2.65. The fourth-order valence-electron chi connectivity index (χ4n) is 2.70. The van der Waals surface area contributed by atoms with Gasteiger partial charge in [-0.1, -0.05) is 0 Å². The van der Waals surface area contributed by atoms with Gasteiger partial charge in [-0.3, -0.25) is 9.59 Å². The lowest BCUT2D eigenvalue weighted by Gasteiger charge is -2.10. The number of amides is 1. The summed E-state index contributed by atoms with van der Waals surface area (Å²) in [5.74, 6) is 1.08. The van der Waals surface area contributed by atoms with Gasteiger partial charge >= 0.3 is 0 Å². The maximum atomic E-state index is 12.3. The number of carbonyl (C=O) groups excluding carboxylic acids is 1. The van der Waals surface area contributed by atoms with Gasteiger partial charge in [-0.25, -0.2) is 0 Å². The zero-order chi connectivity index (χ0) is 18.9. The van der Waals surface area contributed by atoms with Gasteiger partial charge in [0.25, 0.3) is 5.56 Å². The number of pyridine rings is 1. The van der Waals surface area contributed by atoms with Gasteiger partial charge in [0, 0.05) is 43.7 Å². The molecule has 1 amide bonds. The Balaban J connectivity index is 2.02. The van der Waals surface area contributed by atoms with Crippen molar-refractivity contribution in [3.05, 3.63) is 34.1 Å². The molecule has 7 nitrogen and oxygen atoms in total. The molecule has 0 aliphatic rings. The maximum absolute atomic E-state index is 12.3. The van der Waals surface area contributed by atoms with Crippen LogP contribution in [0.3, 0.4) is 0 Å². The Labute approximate surface area is 152 Å². The Kier molecular flexibility index (Phi) is 7.47. The highest BCUT2D eigenvalue weighted by atomic mass is 16.5. The molecule has 0 aliphatic heterocycles. The van der Waals surface area contributed by atoms with E-state index in [0.717, 1.165) is 18.2 Å². The van der Waals surface area contributed by atoms with Crippen LogP contribution >= 0.6 is 0 Å². The summed E-state index contributed by atoms with van der Waals surface area (Å²) in [6.07, 6.45) is 2.43. The second-order valence-corrected chi connectivity index (χ2v) is 5.97. The van der Waals surface area contributed by atoms with Gasteiger partial charge < -0.3 is 24.5 Å². The number of aromatic nitrogens is 1. The van der Waals surface area contributed by atoms with E-state index in [1.165, 1.54) is 0 Å². The van der Waals surface area contributed by atoms with Crippen molar-refractivity contribution in [3.63, 3.8) is 0 Å². The third-order valence-corrected chi connectivity index (χ3v) is 4.14. The highest BCUT2D eigenvalue weighted by Crippen LogP contribution is 2.31. The van der Waals surface area contributed by atoms with Crippen LogP contribution in [-0.2, 0) is 16.0 Å². The number of benzene rings is 1. The van der Waals surface area contributed by atoms with Crippen LogP contribution in [0.2, 0.25) is 0 Å². The van der Waals surface area contributed by atoms with Crippen LogP contribution in [-0.4, -0.2) is 45.4 Å². The Bertz CT molecular complexity index is 800. The van der Waals surface area contributed by atoms with Gasteiger partial charge in [0.2, 0.25) is 5.91 Å². The molecular weight excluding hydrogens is 336 g/mol. The number of hydrogen-bond acceptors (Lipinski definition) is 5. The predicted octanol–water partition coefficient (Wildman–Crippen LogP) is 2.02. The van der Waals surface area contributed by atoms with Crippen molar-refractivity contribution < 1.29 is 19.0 Å². The zero-order valence-electron chi connectivity index (χ0n) is 15.5. The molecule has 1 aromatic heterocycles. The van der Waals surface area contributed by atoms with Crippen molar-refractivity contribution in [2.75, 3.05) is 34.5 Å². The highest BCUT2D eigenvalue weighted by molar-refractivity contribution is 5.83. The number of H-pyrrole nitrogens is 1. The number of ether oxygens (including phenoxy) is 3. The van der Waals surface area contributed by atoms with Crippen LogP contribution in [0, 0.1) is 0 Å². The smallest absolute Gasteiger partial charge is 0.251 e. The number of fused-ring (bicyclic) bond motifs is 1. The summed E-state index contributed by atoms with van der Waals surface area (Å²) in [6, 6.07) is 5.33. The van der Waals surface area contributed by atoms with Crippen LogP contribution in [0.25, 0.3) is 10.9 Å².